The molecular weight excluding hydrogens is 250 g/mol. The second-order valence-corrected chi connectivity index (χ2v) is 5.48. The van der Waals surface area contributed by atoms with Gasteiger partial charge >= 0.3 is 0 Å². The Morgan fingerprint density at radius 2 is 2.44 bits per heavy atom. The average molecular weight is 268 g/mol. The number of rotatable bonds is 2. The van der Waals surface area contributed by atoms with E-state index < -0.39 is 0 Å². The SMILES string of the molecule is CCOC1CC2(CCNC2)Oc2cc(Cl)ccc21. The maximum Gasteiger partial charge on any atom is 0.127 e. The largest absolute Gasteiger partial charge is 0.485 e. The fourth-order valence-electron chi connectivity index (χ4n) is 2.92. The molecule has 0 radical (unpaired) electrons. The van der Waals surface area contributed by atoms with E-state index in [-0.39, 0.29) is 11.7 Å². The Bertz CT molecular complexity index is 443. The van der Waals surface area contributed by atoms with Gasteiger partial charge in [0.05, 0.1) is 6.10 Å². The molecule has 2 heterocycles. The molecule has 2 aliphatic rings. The number of halogens is 1. The molecule has 3 rings (SSSR count). The third kappa shape index (κ3) is 2.11. The lowest BCUT2D eigenvalue weighted by Crippen LogP contribution is -2.43. The maximum absolute atomic E-state index is 6.21. The van der Waals surface area contributed by atoms with Crippen molar-refractivity contribution in [3.63, 3.8) is 0 Å². The van der Waals surface area contributed by atoms with Gasteiger partial charge in [-0.1, -0.05) is 17.7 Å². The molecule has 4 heteroatoms. The first-order chi connectivity index (χ1) is 8.72. The van der Waals surface area contributed by atoms with Gasteiger partial charge in [0.15, 0.2) is 0 Å². The minimum absolute atomic E-state index is 0.114. The predicted octanol–water partition coefficient (Wildman–Crippen LogP) is 2.93. The third-order valence-electron chi connectivity index (χ3n) is 3.78. The molecule has 0 amide bonds. The van der Waals surface area contributed by atoms with Crippen molar-refractivity contribution in [2.24, 2.45) is 0 Å². The normalized spacial score (nSPS) is 30.2. The zero-order valence-corrected chi connectivity index (χ0v) is 11.3. The summed E-state index contributed by atoms with van der Waals surface area (Å²) in [5.41, 5.74) is 1.01. The number of benzene rings is 1. The summed E-state index contributed by atoms with van der Waals surface area (Å²) in [5.74, 6) is 0.885. The van der Waals surface area contributed by atoms with Crippen molar-refractivity contribution in [1.82, 2.24) is 5.32 Å². The Hall–Kier alpha value is -0.770. The van der Waals surface area contributed by atoms with Gasteiger partial charge in [0.2, 0.25) is 0 Å². The predicted molar refractivity (Wildman–Crippen MR) is 71.3 cm³/mol. The van der Waals surface area contributed by atoms with E-state index in [1.54, 1.807) is 0 Å². The van der Waals surface area contributed by atoms with E-state index >= 15 is 0 Å². The zero-order valence-electron chi connectivity index (χ0n) is 10.5. The first-order valence-corrected chi connectivity index (χ1v) is 6.91. The van der Waals surface area contributed by atoms with Gasteiger partial charge in [-0.3, -0.25) is 0 Å². The van der Waals surface area contributed by atoms with Crippen LogP contribution >= 0.6 is 11.6 Å². The molecule has 1 spiro atoms. The van der Waals surface area contributed by atoms with Crippen molar-refractivity contribution in [3.8, 4) is 5.75 Å². The van der Waals surface area contributed by atoms with Crippen molar-refractivity contribution in [2.45, 2.75) is 31.5 Å². The molecule has 3 nitrogen and oxygen atoms in total. The number of hydrogen-bond acceptors (Lipinski definition) is 3. The van der Waals surface area contributed by atoms with Crippen LogP contribution in [0.2, 0.25) is 5.02 Å². The molecule has 0 aliphatic carbocycles. The van der Waals surface area contributed by atoms with Gasteiger partial charge in [-0.25, -0.2) is 0 Å². The van der Waals surface area contributed by atoms with Crippen molar-refractivity contribution in [1.29, 1.82) is 0 Å². The second kappa shape index (κ2) is 4.72. The van der Waals surface area contributed by atoms with Gasteiger partial charge < -0.3 is 14.8 Å². The smallest absolute Gasteiger partial charge is 0.127 e. The number of ether oxygens (including phenoxy) is 2. The lowest BCUT2D eigenvalue weighted by atomic mass is 9.88. The van der Waals surface area contributed by atoms with Crippen LogP contribution < -0.4 is 10.1 Å². The molecule has 1 saturated heterocycles. The minimum Gasteiger partial charge on any atom is -0.485 e. The summed E-state index contributed by atoms with van der Waals surface area (Å²) in [5, 5.41) is 4.09. The summed E-state index contributed by atoms with van der Waals surface area (Å²) in [6, 6.07) is 5.83. The molecule has 1 fully saturated rings. The molecule has 2 aliphatic heterocycles. The van der Waals surface area contributed by atoms with Crippen LogP contribution in [-0.4, -0.2) is 25.3 Å². The average Bonchev–Trinajstić information content (AvgIpc) is 2.77. The Labute approximate surface area is 112 Å². The highest BCUT2D eigenvalue weighted by Gasteiger charge is 2.43. The van der Waals surface area contributed by atoms with Crippen LogP contribution in [0.3, 0.4) is 0 Å². The van der Waals surface area contributed by atoms with Crippen molar-refractivity contribution < 1.29 is 9.47 Å². The minimum atomic E-state index is -0.114. The molecule has 1 N–H and O–H groups in total. The molecule has 18 heavy (non-hydrogen) atoms. The maximum atomic E-state index is 6.21. The highest BCUT2D eigenvalue weighted by molar-refractivity contribution is 6.30. The summed E-state index contributed by atoms with van der Waals surface area (Å²) in [4.78, 5) is 0. The molecule has 2 unspecified atom stereocenters. The Kier molecular flexibility index (Phi) is 3.22. The third-order valence-corrected chi connectivity index (χ3v) is 4.01. The van der Waals surface area contributed by atoms with Gasteiger partial charge in [-0.2, -0.15) is 0 Å². The molecule has 1 aromatic carbocycles. The van der Waals surface area contributed by atoms with Gasteiger partial charge in [0, 0.05) is 36.6 Å². The highest BCUT2D eigenvalue weighted by Crippen LogP contribution is 2.44. The molecule has 1 aromatic rings. The Morgan fingerprint density at radius 3 is 3.17 bits per heavy atom. The number of fused-ring (bicyclic) bond motifs is 1. The zero-order chi connectivity index (χ0) is 12.6. The van der Waals surface area contributed by atoms with Gasteiger partial charge in [-0.05, 0) is 25.6 Å². The van der Waals surface area contributed by atoms with Crippen molar-refractivity contribution >= 4 is 11.6 Å². The molecular formula is C14H18ClNO2. The monoisotopic (exact) mass is 267 g/mol. The lowest BCUT2D eigenvalue weighted by molar-refractivity contribution is -0.0353. The molecule has 98 valence electrons. The first-order valence-electron chi connectivity index (χ1n) is 6.53. The van der Waals surface area contributed by atoms with Gasteiger partial charge in [-0.15, -0.1) is 0 Å². The summed E-state index contributed by atoms with van der Waals surface area (Å²) < 4.78 is 12.1. The summed E-state index contributed by atoms with van der Waals surface area (Å²) in [6.45, 7) is 4.65. The quantitative estimate of drug-likeness (QED) is 0.894. The molecule has 2 atom stereocenters. The van der Waals surface area contributed by atoms with E-state index in [1.807, 2.05) is 25.1 Å². The first kappa shape index (κ1) is 12.3. The van der Waals surface area contributed by atoms with E-state index in [9.17, 15) is 0 Å². The van der Waals surface area contributed by atoms with Crippen LogP contribution in [0.1, 0.15) is 31.4 Å². The Balaban J connectivity index is 1.97. The van der Waals surface area contributed by atoms with Crippen LogP contribution in [0.5, 0.6) is 5.75 Å². The fraction of sp³-hybridized carbons (Fsp3) is 0.571. The Morgan fingerprint density at radius 1 is 1.56 bits per heavy atom. The van der Waals surface area contributed by atoms with Crippen molar-refractivity contribution in [3.05, 3.63) is 28.8 Å². The topological polar surface area (TPSA) is 30.5 Å². The van der Waals surface area contributed by atoms with Crippen molar-refractivity contribution in [2.75, 3.05) is 19.7 Å². The summed E-state index contributed by atoms with van der Waals surface area (Å²) >= 11 is 6.06. The van der Waals surface area contributed by atoms with E-state index in [1.165, 1.54) is 0 Å². The molecule has 0 bridgehead atoms. The van der Waals surface area contributed by atoms with Crippen LogP contribution in [0.4, 0.5) is 0 Å². The van der Waals surface area contributed by atoms with E-state index in [0.717, 1.165) is 43.9 Å². The van der Waals surface area contributed by atoms with Gasteiger partial charge in [0.25, 0.3) is 0 Å². The molecule has 0 aromatic heterocycles. The van der Waals surface area contributed by atoms with Crippen LogP contribution in [0.25, 0.3) is 0 Å². The van der Waals surface area contributed by atoms with E-state index in [4.69, 9.17) is 21.1 Å². The lowest BCUT2D eigenvalue weighted by Gasteiger charge is -2.39. The van der Waals surface area contributed by atoms with Crippen LogP contribution in [-0.2, 0) is 4.74 Å². The van der Waals surface area contributed by atoms with Crippen LogP contribution in [0, 0.1) is 0 Å². The summed E-state index contributed by atoms with van der Waals surface area (Å²) in [7, 11) is 0. The second-order valence-electron chi connectivity index (χ2n) is 5.04. The molecule has 0 saturated carbocycles. The standard InChI is InChI=1S/C14H18ClNO2/c1-2-17-13-8-14(5-6-16-9-14)18-12-7-10(15)3-4-11(12)13/h3-4,7,13,16H,2,5-6,8-9H2,1H3. The summed E-state index contributed by atoms with van der Waals surface area (Å²) in [6.07, 6.45) is 2.07. The van der Waals surface area contributed by atoms with E-state index in [0.29, 0.717) is 5.02 Å². The van der Waals surface area contributed by atoms with E-state index in [2.05, 4.69) is 5.32 Å². The number of hydrogen-bond donors (Lipinski definition) is 1. The van der Waals surface area contributed by atoms with Gasteiger partial charge in [0.1, 0.15) is 11.4 Å². The fourth-order valence-corrected chi connectivity index (χ4v) is 3.08. The number of nitrogens with one attached hydrogen (secondary N) is 1. The van der Waals surface area contributed by atoms with Crippen LogP contribution in [0.15, 0.2) is 18.2 Å². The highest BCUT2D eigenvalue weighted by atomic mass is 35.5.